The topological polar surface area (TPSA) is 74.7 Å². The van der Waals surface area contributed by atoms with Crippen LogP contribution in [-0.2, 0) is 14.8 Å². The summed E-state index contributed by atoms with van der Waals surface area (Å²) >= 11 is 1.31. The number of sulfonamides is 1. The van der Waals surface area contributed by atoms with Crippen molar-refractivity contribution in [2.75, 3.05) is 11.6 Å². The molecule has 0 saturated carbocycles. The van der Waals surface area contributed by atoms with E-state index in [0.29, 0.717) is 0 Å². The normalized spacial score (nSPS) is 19.9. The van der Waals surface area contributed by atoms with Crippen molar-refractivity contribution in [2.45, 2.75) is 10.9 Å². The maximum absolute atomic E-state index is 12.6. The van der Waals surface area contributed by atoms with Crippen LogP contribution in [0.15, 0.2) is 47.4 Å². The summed E-state index contributed by atoms with van der Waals surface area (Å²) < 4.78 is 26.3. The number of hydrogen-bond acceptors (Lipinski definition) is 4. The van der Waals surface area contributed by atoms with Gasteiger partial charge in [-0.15, -0.1) is 11.8 Å². The van der Waals surface area contributed by atoms with Crippen molar-refractivity contribution in [3.8, 4) is 0 Å². The van der Waals surface area contributed by atoms with Gasteiger partial charge in [0.25, 0.3) is 0 Å². The first-order chi connectivity index (χ1) is 10.00. The van der Waals surface area contributed by atoms with Crippen molar-refractivity contribution >= 4 is 38.5 Å². The van der Waals surface area contributed by atoms with E-state index in [1.54, 1.807) is 12.1 Å². The van der Waals surface area contributed by atoms with Crippen LogP contribution in [0.25, 0.3) is 10.8 Å². The number of thioether (sulfide) groups is 1. The van der Waals surface area contributed by atoms with Gasteiger partial charge in [0.15, 0.2) is 0 Å². The zero-order valence-electron chi connectivity index (χ0n) is 11.0. The summed E-state index contributed by atoms with van der Waals surface area (Å²) in [5.41, 5.74) is 0. The molecular formula is C14H13NO4S2. The summed E-state index contributed by atoms with van der Waals surface area (Å²) in [5, 5.41) is 10.9. The van der Waals surface area contributed by atoms with Gasteiger partial charge in [-0.1, -0.05) is 30.3 Å². The molecule has 1 N–H and O–H groups in total. The zero-order valence-corrected chi connectivity index (χ0v) is 12.6. The van der Waals surface area contributed by atoms with E-state index in [2.05, 4.69) is 0 Å². The molecule has 110 valence electrons. The van der Waals surface area contributed by atoms with Crippen molar-refractivity contribution in [2.24, 2.45) is 0 Å². The number of carboxylic acids is 1. The second-order valence-electron chi connectivity index (χ2n) is 4.76. The lowest BCUT2D eigenvalue weighted by Crippen LogP contribution is -2.41. The summed E-state index contributed by atoms with van der Waals surface area (Å²) in [6, 6.07) is 11.3. The van der Waals surface area contributed by atoms with Crippen molar-refractivity contribution < 1.29 is 18.3 Å². The number of rotatable bonds is 3. The molecule has 1 aliphatic rings. The molecule has 2 aromatic carbocycles. The van der Waals surface area contributed by atoms with Crippen molar-refractivity contribution in [3.05, 3.63) is 42.5 Å². The van der Waals surface area contributed by atoms with E-state index in [9.17, 15) is 13.2 Å². The Labute approximate surface area is 126 Å². The lowest BCUT2D eigenvalue weighted by atomic mass is 10.1. The number of carbonyl (C=O) groups is 1. The minimum absolute atomic E-state index is 0.134. The molecule has 1 fully saturated rings. The fourth-order valence-electron chi connectivity index (χ4n) is 2.32. The van der Waals surface area contributed by atoms with E-state index in [4.69, 9.17) is 5.11 Å². The van der Waals surface area contributed by atoms with Crippen LogP contribution in [0.5, 0.6) is 0 Å². The molecule has 5 nitrogen and oxygen atoms in total. The Kier molecular flexibility index (Phi) is 3.64. The molecule has 0 bridgehead atoms. The summed E-state index contributed by atoms with van der Waals surface area (Å²) in [5.74, 6) is -0.654. The molecule has 1 saturated heterocycles. The molecule has 0 radical (unpaired) electrons. The average molecular weight is 323 g/mol. The fraction of sp³-hybridized carbons (Fsp3) is 0.214. The summed E-state index contributed by atoms with van der Waals surface area (Å²) in [6.45, 7) is 0. The van der Waals surface area contributed by atoms with E-state index in [0.717, 1.165) is 15.1 Å². The highest BCUT2D eigenvalue weighted by molar-refractivity contribution is 8.00. The second kappa shape index (κ2) is 5.32. The monoisotopic (exact) mass is 323 g/mol. The third-order valence-corrected chi connectivity index (χ3v) is 6.48. The molecule has 1 aliphatic heterocycles. The molecular weight excluding hydrogens is 310 g/mol. The smallest absolute Gasteiger partial charge is 0.322 e. The lowest BCUT2D eigenvalue weighted by molar-refractivity contribution is -0.140. The predicted octanol–water partition coefficient (Wildman–Crippen LogP) is 1.99. The van der Waals surface area contributed by atoms with Crippen LogP contribution >= 0.6 is 11.8 Å². The fourth-order valence-corrected chi connectivity index (χ4v) is 5.49. The molecule has 0 aromatic heterocycles. The van der Waals surface area contributed by atoms with Crippen LogP contribution in [0.3, 0.4) is 0 Å². The minimum Gasteiger partial charge on any atom is -0.480 e. The molecule has 1 atom stereocenters. The molecule has 21 heavy (non-hydrogen) atoms. The molecule has 0 amide bonds. The van der Waals surface area contributed by atoms with Crippen LogP contribution in [0.2, 0.25) is 0 Å². The number of carboxylic acid groups (broad SMARTS) is 1. The van der Waals surface area contributed by atoms with Gasteiger partial charge in [-0.05, 0) is 22.9 Å². The molecule has 0 spiro atoms. The zero-order chi connectivity index (χ0) is 15.0. The third-order valence-electron chi connectivity index (χ3n) is 3.45. The van der Waals surface area contributed by atoms with Crippen LogP contribution in [0.1, 0.15) is 0 Å². The maximum Gasteiger partial charge on any atom is 0.322 e. The van der Waals surface area contributed by atoms with Crippen molar-refractivity contribution in [3.63, 3.8) is 0 Å². The number of hydrogen-bond donors (Lipinski definition) is 1. The predicted molar refractivity (Wildman–Crippen MR) is 81.7 cm³/mol. The van der Waals surface area contributed by atoms with Crippen LogP contribution in [0.4, 0.5) is 0 Å². The van der Waals surface area contributed by atoms with Gasteiger partial charge in [-0.3, -0.25) is 4.79 Å². The SMILES string of the molecule is O=C(O)C1CSCN1S(=O)(=O)c1ccc2ccccc2c1. The first-order valence-electron chi connectivity index (χ1n) is 6.31. The van der Waals surface area contributed by atoms with Crippen LogP contribution in [0, 0.1) is 0 Å². The van der Waals surface area contributed by atoms with Gasteiger partial charge in [0.05, 0.1) is 10.8 Å². The van der Waals surface area contributed by atoms with Gasteiger partial charge < -0.3 is 5.11 Å². The van der Waals surface area contributed by atoms with Crippen molar-refractivity contribution in [1.82, 2.24) is 4.31 Å². The van der Waals surface area contributed by atoms with Gasteiger partial charge in [0.1, 0.15) is 6.04 Å². The standard InChI is InChI=1S/C14H13NO4S2/c16-14(17)13-8-20-9-15(13)21(18,19)12-6-5-10-3-1-2-4-11(10)7-12/h1-7,13H,8-9H2,(H,16,17). The maximum atomic E-state index is 12.6. The number of benzene rings is 2. The van der Waals surface area contributed by atoms with Gasteiger partial charge in [-0.25, -0.2) is 8.42 Å². The minimum atomic E-state index is -3.79. The first-order valence-corrected chi connectivity index (χ1v) is 8.91. The first kappa shape index (κ1) is 14.4. The van der Waals surface area contributed by atoms with Gasteiger partial charge in [0.2, 0.25) is 10.0 Å². The van der Waals surface area contributed by atoms with Crippen molar-refractivity contribution in [1.29, 1.82) is 0 Å². The third kappa shape index (κ3) is 2.52. The molecule has 7 heteroatoms. The number of aliphatic carboxylic acids is 1. The highest BCUT2D eigenvalue weighted by Crippen LogP contribution is 2.29. The van der Waals surface area contributed by atoms with E-state index < -0.39 is 22.0 Å². The Balaban J connectivity index is 2.05. The van der Waals surface area contributed by atoms with Gasteiger partial charge in [-0.2, -0.15) is 4.31 Å². The molecule has 0 aliphatic carbocycles. The van der Waals surface area contributed by atoms with Crippen LogP contribution < -0.4 is 0 Å². The highest BCUT2D eigenvalue weighted by atomic mass is 32.2. The van der Waals surface area contributed by atoms with E-state index in [1.165, 1.54) is 17.8 Å². The molecule has 3 rings (SSSR count). The van der Waals surface area contributed by atoms with E-state index in [-0.39, 0.29) is 16.5 Å². The van der Waals surface area contributed by atoms with Crippen LogP contribution in [-0.4, -0.2) is 41.5 Å². The Morgan fingerprint density at radius 1 is 1.19 bits per heavy atom. The summed E-state index contributed by atoms with van der Waals surface area (Å²) in [7, 11) is -3.79. The second-order valence-corrected chi connectivity index (χ2v) is 7.65. The Morgan fingerprint density at radius 3 is 2.62 bits per heavy atom. The molecule has 2 aromatic rings. The Morgan fingerprint density at radius 2 is 1.90 bits per heavy atom. The van der Waals surface area contributed by atoms with Gasteiger partial charge in [0, 0.05) is 5.75 Å². The molecule has 1 unspecified atom stereocenters. The Bertz CT molecular complexity index is 803. The summed E-state index contributed by atoms with van der Waals surface area (Å²) in [4.78, 5) is 11.3. The largest absolute Gasteiger partial charge is 0.480 e. The highest BCUT2D eigenvalue weighted by Gasteiger charge is 2.40. The quantitative estimate of drug-likeness (QED) is 0.935. The molecule has 1 heterocycles. The summed E-state index contributed by atoms with van der Waals surface area (Å²) in [6.07, 6.45) is 0. The number of nitrogens with zero attached hydrogens (tertiary/aromatic N) is 1. The number of fused-ring (bicyclic) bond motifs is 1. The average Bonchev–Trinajstić information content (AvgIpc) is 2.97. The van der Waals surface area contributed by atoms with Gasteiger partial charge >= 0.3 is 5.97 Å². The van der Waals surface area contributed by atoms with E-state index >= 15 is 0 Å². The lowest BCUT2D eigenvalue weighted by Gasteiger charge is -2.20. The van der Waals surface area contributed by atoms with E-state index in [1.807, 2.05) is 24.3 Å². The Hall–Kier alpha value is -1.57.